The van der Waals surface area contributed by atoms with Gasteiger partial charge in [-0.25, -0.2) is 0 Å². The van der Waals surface area contributed by atoms with Crippen LogP contribution in [0.2, 0.25) is 0 Å². The number of rotatable bonds is 6. The molecular weight excluding hydrogens is 254 g/mol. The van der Waals surface area contributed by atoms with E-state index in [2.05, 4.69) is 10.1 Å². The van der Waals surface area contributed by atoms with Gasteiger partial charge in [0, 0.05) is 18.0 Å². The number of nitrogens with two attached hydrogens (primary N) is 1. The average Bonchev–Trinajstić information content (AvgIpc) is 2.94. The van der Waals surface area contributed by atoms with Crippen molar-refractivity contribution in [2.24, 2.45) is 5.73 Å². The number of aromatic nitrogens is 2. The molecule has 2 atom stereocenters. The first kappa shape index (κ1) is 14.5. The molecule has 0 saturated carbocycles. The molecule has 2 rings (SSSR count). The number of hydrogen-bond acceptors (Lipinski definition) is 5. The Morgan fingerprint density at radius 1 is 1.35 bits per heavy atom. The first-order valence-electron chi connectivity index (χ1n) is 6.85. The second-order valence-electron chi connectivity index (χ2n) is 4.90. The van der Waals surface area contributed by atoms with Crippen LogP contribution in [0.4, 0.5) is 0 Å². The van der Waals surface area contributed by atoms with E-state index in [1.807, 2.05) is 38.1 Å². The fourth-order valence-electron chi connectivity index (χ4n) is 2.08. The lowest BCUT2D eigenvalue weighted by Crippen LogP contribution is -2.25. The number of para-hydroxylation sites is 1. The minimum atomic E-state index is 0.0366. The summed E-state index contributed by atoms with van der Waals surface area (Å²) in [6.45, 7) is 4.06. The van der Waals surface area contributed by atoms with E-state index in [4.69, 9.17) is 15.0 Å². The predicted octanol–water partition coefficient (Wildman–Crippen LogP) is 2.51. The van der Waals surface area contributed by atoms with Crippen LogP contribution in [0.5, 0.6) is 5.75 Å². The summed E-state index contributed by atoms with van der Waals surface area (Å²) in [5, 5.41) is 4.03. The molecule has 0 aliphatic rings. The Labute approximate surface area is 119 Å². The Bertz CT molecular complexity index is 554. The van der Waals surface area contributed by atoms with Crippen LogP contribution in [-0.4, -0.2) is 23.3 Å². The van der Waals surface area contributed by atoms with E-state index in [0.717, 1.165) is 17.7 Å². The number of methoxy groups -OCH3 is 1. The molecule has 5 nitrogen and oxygen atoms in total. The van der Waals surface area contributed by atoms with Crippen molar-refractivity contribution in [1.29, 1.82) is 0 Å². The maximum Gasteiger partial charge on any atom is 0.231 e. The maximum absolute atomic E-state index is 6.01. The average molecular weight is 275 g/mol. The van der Waals surface area contributed by atoms with E-state index in [1.165, 1.54) is 0 Å². The molecule has 2 N–H and O–H groups in total. The molecule has 0 aliphatic carbocycles. The van der Waals surface area contributed by atoms with Crippen LogP contribution in [0.3, 0.4) is 0 Å². The zero-order valence-corrected chi connectivity index (χ0v) is 12.2. The molecule has 2 unspecified atom stereocenters. The minimum absolute atomic E-state index is 0.0366. The van der Waals surface area contributed by atoms with Crippen LogP contribution < -0.4 is 10.5 Å². The van der Waals surface area contributed by atoms with Gasteiger partial charge in [0.05, 0.1) is 13.0 Å². The van der Waals surface area contributed by atoms with Gasteiger partial charge in [-0.05, 0) is 12.5 Å². The Balaban J connectivity index is 2.13. The van der Waals surface area contributed by atoms with Crippen molar-refractivity contribution in [2.75, 3.05) is 7.11 Å². The molecule has 0 aliphatic heterocycles. The van der Waals surface area contributed by atoms with Gasteiger partial charge in [-0.15, -0.1) is 0 Å². The molecule has 5 heteroatoms. The fourth-order valence-corrected chi connectivity index (χ4v) is 2.08. The van der Waals surface area contributed by atoms with Crippen LogP contribution in [-0.2, 0) is 6.42 Å². The van der Waals surface area contributed by atoms with E-state index < -0.39 is 0 Å². The monoisotopic (exact) mass is 275 g/mol. The van der Waals surface area contributed by atoms with Gasteiger partial charge in [0.15, 0.2) is 5.82 Å². The van der Waals surface area contributed by atoms with Crippen molar-refractivity contribution < 1.29 is 9.26 Å². The molecule has 20 heavy (non-hydrogen) atoms. The largest absolute Gasteiger partial charge is 0.496 e. The summed E-state index contributed by atoms with van der Waals surface area (Å²) in [6.07, 6.45) is 1.47. The van der Waals surface area contributed by atoms with Crippen molar-refractivity contribution in [3.05, 3.63) is 41.5 Å². The van der Waals surface area contributed by atoms with Crippen LogP contribution >= 0.6 is 0 Å². The third kappa shape index (κ3) is 3.17. The normalized spacial score (nSPS) is 14.0. The van der Waals surface area contributed by atoms with E-state index >= 15 is 0 Å². The van der Waals surface area contributed by atoms with Gasteiger partial charge in [0.2, 0.25) is 5.89 Å². The van der Waals surface area contributed by atoms with Crippen molar-refractivity contribution in [2.45, 2.75) is 38.6 Å². The van der Waals surface area contributed by atoms with Crippen LogP contribution in [0.15, 0.2) is 28.8 Å². The van der Waals surface area contributed by atoms with Gasteiger partial charge < -0.3 is 15.0 Å². The van der Waals surface area contributed by atoms with Crippen molar-refractivity contribution >= 4 is 0 Å². The molecular formula is C15H21N3O2. The highest BCUT2D eigenvalue weighted by atomic mass is 16.5. The topological polar surface area (TPSA) is 74.2 Å². The molecule has 0 spiro atoms. The van der Waals surface area contributed by atoms with Gasteiger partial charge >= 0.3 is 0 Å². The third-order valence-corrected chi connectivity index (χ3v) is 3.53. The second-order valence-corrected chi connectivity index (χ2v) is 4.90. The summed E-state index contributed by atoms with van der Waals surface area (Å²) in [6, 6.07) is 7.86. The standard InChI is InChI=1S/C15H21N3O2/c1-4-12(16)10(2)15-17-14(18-20-15)9-11-7-5-6-8-13(11)19-3/h5-8,10,12H,4,9,16H2,1-3H3. The van der Waals surface area contributed by atoms with Gasteiger partial charge in [-0.1, -0.05) is 37.2 Å². The Morgan fingerprint density at radius 2 is 2.10 bits per heavy atom. The molecule has 0 amide bonds. The minimum Gasteiger partial charge on any atom is -0.496 e. The Hall–Kier alpha value is -1.88. The Morgan fingerprint density at radius 3 is 2.80 bits per heavy atom. The van der Waals surface area contributed by atoms with Crippen LogP contribution in [0.25, 0.3) is 0 Å². The number of ether oxygens (including phenoxy) is 1. The smallest absolute Gasteiger partial charge is 0.231 e. The first-order chi connectivity index (χ1) is 9.65. The summed E-state index contributed by atoms with van der Waals surface area (Å²) < 4.78 is 10.6. The summed E-state index contributed by atoms with van der Waals surface area (Å²) in [5.41, 5.74) is 7.05. The van der Waals surface area contributed by atoms with Crippen molar-refractivity contribution in [3.8, 4) is 5.75 Å². The SMILES string of the molecule is CCC(N)C(C)c1nc(Cc2ccccc2OC)no1. The van der Waals surface area contributed by atoms with Crippen LogP contribution in [0, 0.1) is 0 Å². The maximum atomic E-state index is 6.01. The van der Waals surface area contributed by atoms with Gasteiger partial charge in [-0.3, -0.25) is 0 Å². The van der Waals surface area contributed by atoms with E-state index in [0.29, 0.717) is 18.1 Å². The number of benzene rings is 1. The number of nitrogens with zero attached hydrogens (tertiary/aromatic N) is 2. The predicted molar refractivity (Wildman–Crippen MR) is 76.8 cm³/mol. The molecule has 1 heterocycles. The highest BCUT2D eigenvalue weighted by Crippen LogP contribution is 2.22. The zero-order valence-electron chi connectivity index (χ0n) is 12.2. The van der Waals surface area contributed by atoms with E-state index in [9.17, 15) is 0 Å². The fraction of sp³-hybridized carbons (Fsp3) is 0.467. The molecule has 0 fully saturated rings. The van der Waals surface area contributed by atoms with Gasteiger partial charge in [0.25, 0.3) is 0 Å². The summed E-state index contributed by atoms with van der Waals surface area (Å²) in [5.74, 6) is 2.15. The molecule has 0 radical (unpaired) electrons. The first-order valence-corrected chi connectivity index (χ1v) is 6.85. The molecule has 1 aromatic carbocycles. The molecule has 0 bridgehead atoms. The number of hydrogen-bond donors (Lipinski definition) is 1. The van der Waals surface area contributed by atoms with Crippen LogP contribution in [0.1, 0.15) is 43.5 Å². The zero-order chi connectivity index (χ0) is 14.5. The summed E-state index contributed by atoms with van der Waals surface area (Å²) >= 11 is 0. The van der Waals surface area contributed by atoms with Gasteiger partial charge in [0.1, 0.15) is 5.75 Å². The lowest BCUT2D eigenvalue weighted by Gasteiger charge is -2.13. The highest BCUT2D eigenvalue weighted by Gasteiger charge is 2.20. The molecule has 108 valence electrons. The van der Waals surface area contributed by atoms with Crippen molar-refractivity contribution in [1.82, 2.24) is 10.1 Å². The highest BCUT2D eigenvalue weighted by molar-refractivity contribution is 5.35. The Kier molecular flexibility index (Phi) is 4.74. The van der Waals surface area contributed by atoms with Crippen molar-refractivity contribution in [3.63, 3.8) is 0 Å². The molecule has 0 saturated heterocycles. The second kappa shape index (κ2) is 6.52. The third-order valence-electron chi connectivity index (χ3n) is 3.53. The lowest BCUT2D eigenvalue weighted by molar-refractivity contribution is 0.337. The van der Waals surface area contributed by atoms with E-state index in [1.54, 1.807) is 7.11 Å². The quantitative estimate of drug-likeness (QED) is 0.876. The van der Waals surface area contributed by atoms with E-state index in [-0.39, 0.29) is 12.0 Å². The molecule has 1 aromatic heterocycles. The lowest BCUT2D eigenvalue weighted by atomic mass is 10.0. The van der Waals surface area contributed by atoms with Gasteiger partial charge in [-0.2, -0.15) is 4.98 Å². The summed E-state index contributed by atoms with van der Waals surface area (Å²) in [7, 11) is 1.66. The molecule has 2 aromatic rings. The summed E-state index contributed by atoms with van der Waals surface area (Å²) in [4.78, 5) is 4.44.